The lowest BCUT2D eigenvalue weighted by Gasteiger charge is -2.03. The van der Waals surface area contributed by atoms with Crippen LogP contribution < -0.4 is 5.32 Å². The van der Waals surface area contributed by atoms with E-state index < -0.39 is 0 Å². The van der Waals surface area contributed by atoms with Crippen LogP contribution in [-0.2, 0) is 13.6 Å². The Bertz CT molecular complexity index is 547. The summed E-state index contributed by atoms with van der Waals surface area (Å²) in [4.78, 5) is 4.22. The van der Waals surface area contributed by atoms with Crippen molar-refractivity contribution in [1.29, 1.82) is 0 Å². The zero-order chi connectivity index (χ0) is 13.3. The Morgan fingerprint density at radius 1 is 1.44 bits per heavy atom. The average molecular weight is 289 g/mol. The predicted molar refractivity (Wildman–Crippen MR) is 71.1 cm³/mol. The van der Waals surface area contributed by atoms with Gasteiger partial charge in [-0.15, -0.1) is 0 Å². The van der Waals surface area contributed by atoms with Gasteiger partial charge in [0.2, 0.25) is 0 Å². The second-order valence-corrected chi connectivity index (χ2v) is 5.06. The molecule has 0 fully saturated rings. The van der Waals surface area contributed by atoms with Gasteiger partial charge in [-0.2, -0.15) is 4.98 Å². The topological polar surface area (TPSA) is 55.9 Å². The number of nitrogens with zero attached hydrogens (tertiary/aromatic N) is 3. The summed E-state index contributed by atoms with van der Waals surface area (Å²) in [5.41, 5.74) is 0.939. The van der Waals surface area contributed by atoms with Crippen molar-refractivity contribution in [3.05, 3.63) is 27.8 Å². The standard InChI is InChI=1S/C11H14Cl2N4O/c1-6(2)10-15-11(18-16-10)14-5-7-4-8(12)9(13)17(7)3/h4,6H,5H2,1-3H3,(H,14,15,16). The van der Waals surface area contributed by atoms with Crippen molar-refractivity contribution in [2.24, 2.45) is 7.05 Å². The summed E-state index contributed by atoms with van der Waals surface area (Å²) < 4.78 is 6.88. The number of halogens is 2. The molecule has 18 heavy (non-hydrogen) atoms. The number of hydrogen-bond donors (Lipinski definition) is 1. The van der Waals surface area contributed by atoms with Gasteiger partial charge >= 0.3 is 6.01 Å². The number of hydrogen-bond acceptors (Lipinski definition) is 4. The smallest absolute Gasteiger partial charge is 0.321 e. The van der Waals surface area contributed by atoms with Gasteiger partial charge < -0.3 is 14.4 Å². The third-order valence-electron chi connectivity index (χ3n) is 2.59. The van der Waals surface area contributed by atoms with Gasteiger partial charge in [0.1, 0.15) is 5.15 Å². The van der Waals surface area contributed by atoms with Crippen molar-refractivity contribution in [2.75, 3.05) is 5.32 Å². The van der Waals surface area contributed by atoms with Crippen LogP contribution in [0.1, 0.15) is 31.3 Å². The fourth-order valence-electron chi connectivity index (χ4n) is 1.47. The number of aromatic nitrogens is 3. The Labute approximate surface area is 115 Å². The summed E-state index contributed by atoms with van der Waals surface area (Å²) in [5.74, 6) is 0.920. The molecule has 0 radical (unpaired) electrons. The molecule has 2 heterocycles. The molecule has 7 heteroatoms. The molecule has 0 amide bonds. The molecule has 2 aromatic heterocycles. The van der Waals surface area contributed by atoms with E-state index in [-0.39, 0.29) is 5.92 Å². The molecule has 0 aliphatic rings. The van der Waals surface area contributed by atoms with E-state index in [0.717, 1.165) is 5.69 Å². The van der Waals surface area contributed by atoms with Crippen LogP contribution in [0.5, 0.6) is 0 Å². The van der Waals surface area contributed by atoms with Gasteiger partial charge in [0, 0.05) is 18.7 Å². The zero-order valence-corrected chi connectivity index (χ0v) is 11.9. The number of rotatable bonds is 4. The van der Waals surface area contributed by atoms with Crippen molar-refractivity contribution in [1.82, 2.24) is 14.7 Å². The van der Waals surface area contributed by atoms with Crippen LogP contribution >= 0.6 is 23.2 Å². The molecule has 0 unspecified atom stereocenters. The highest BCUT2D eigenvalue weighted by Gasteiger charge is 2.12. The first-order chi connectivity index (χ1) is 8.49. The fourth-order valence-corrected chi connectivity index (χ4v) is 1.88. The van der Waals surface area contributed by atoms with Crippen LogP contribution in [-0.4, -0.2) is 14.7 Å². The highest BCUT2D eigenvalue weighted by Crippen LogP contribution is 2.25. The first-order valence-electron chi connectivity index (χ1n) is 5.56. The Balaban J connectivity index is 2.04. The van der Waals surface area contributed by atoms with Crippen molar-refractivity contribution in [3.63, 3.8) is 0 Å². The molecule has 0 bridgehead atoms. The summed E-state index contributed by atoms with van der Waals surface area (Å²) in [6.07, 6.45) is 0. The predicted octanol–water partition coefficient (Wildman–Crippen LogP) is 3.45. The van der Waals surface area contributed by atoms with Crippen molar-refractivity contribution >= 4 is 29.2 Å². The molecule has 0 aliphatic heterocycles. The van der Waals surface area contributed by atoms with E-state index in [9.17, 15) is 0 Å². The van der Waals surface area contributed by atoms with Gasteiger partial charge in [-0.3, -0.25) is 0 Å². The monoisotopic (exact) mass is 288 g/mol. The molecule has 1 N–H and O–H groups in total. The maximum atomic E-state index is 5.98. The summed E-state index contributed by atoms with van der Waals surface area (Å²) in [6.45, 7) is 4.53. The Morgan fingerprint density at radius 3 is 2.67 bits per heavy atom. The number of anilines is 1. The molecule has 0 saturated heterocycles. The van der Waals surface area contributed by atoms with E-state index in [1.165, 1.54) is 0 Å². The zero-order valence-electron chi connectivity index (χ0n) is 10.4. The number of nitrogens with one attached hydrogen (secondary N) is 1. The quantitative estimate of drug-likeness (QED) is 0.936. The second kappa shape index (κ2) is 5.20. The summed E-state index contributed by atoms with van der Waals surface area (Å²) in [6, 6.07) is 2.20. The first kappa shape index (κ1) is 13.2. The van der Waals surface area contributed by atoms with Crippen molar-refractivity contribution in [2.45, 2.75) is 26.3 Å². The molecular formula is C11H14Cl2N4O. The molecule has 5 nitrogen and oxygen atoms in total. The van der Waals surface area contributed by atoms with Crippen LogP contribution in [0.2, 0.25) is 10.2 Å². The molecular weight excluding hydrogens is 275 g/mol. The van der Waals surface area contributed by atoms with Gasteiger partial charge in [-0.05, 0) is 6.07 Å². The molecule has 2 rings (SSSR count). The molecule has 0 spiro atoms. The van der Waals surface area contributed by atoms with Crippen LogP contribution in [0.3, 0.4) is 0 Å². The minimum Gasteiger partial charge on any atom is -0.336 e. The van der Waals surface area contributed by atoms with E-state index in [2.05, 4.69) is 15.5 Å². The van der Waals surface area contributed by atoms with E-state index >= 15 is 0 Å². The van der Waals surface area contributed by atoms with Crippen LogP contribution in [0.15, 0.2) is 10.6 Å². The third-order valence-corrected chi connectivity index (χ3v) is 3.44. The Morgan fingerprint density at radius 2 is 2.17 bits per heavy atom. The van der Waals surface area contributed by atoms with E-state index in [0.29, 0.717) is 28.6 Å². The lowest BCUT2D eigenvalue weighted by molar-refractivity contribution is 0.418. The first-order valence-corrected chi connectivity index (χ1v) is 6.31. The molecule has 0 aromatic carbocycles. The minimum absolute atomic E-state index is 0.239. The lowest BCUT2D eigenvalue weighted by Crippen LogP contribution is -2.04. The Kier molecular flexibility index (Phi) is 3.82. The fraction of sp³-hybridized carbons (Fsp3) is 0.455. The maximum absolute atomic E-state index is 5.98. The van der Waals surface area contributed by atoms with Gasteiger partial charge in [-0.1, -0.05) is 42.2 Å². The molecule has 2 aromatic rings. The highest BCUT2D eigenvalue weighted by molar-refractivity contribution is 6.41. The minimum atomic E-state index is 0.239. The second-order valence-electron chi connectivity index (χ2n) is 4.30. The summed E-state index contributed by atoms with van der Waals surface area (Å²) in [7, 11) is 1.85. The van der Waals surface area contributed by atoms with Gasteiger partial charge in [0.25, 0.3) is 0 Å². The van der Waals surface area contributed by atoms with Gasteiger partial charge in [0.05, 0.1) is 11.6 Å². The van der Waals surface area contributed by atoms with Crippen LogP contribution in [0.25, 0.3) is 0 Å². The highest BCUT2D eigenvalue weighted by atomic mass is 35.5. The van der Waals surface area contributed by atoms with E-state index in [1.54, 1.807) is 10.6 Å². The maximum Gasteiger partial charge on any atom is 0.321 e. The lowest BCUT2D eigenvalue weighted by atomic mass is 10.2. The van der Waals surface area contributed by atoms with Crippen molar-refractivity contribution < 1.29 is 4.52 Å². The van der Waals surface area contributed by atoms with Crippen LogP contribution in [0, 0.1) is 0 Å². The molecule has 98 valence electrons. The van der Waals surface area contributed by atoms with Gasteiger partial charge in [-0.25, -0.2) is 0 Å². The van der Waals surface area contributed by atoms with Crippen molar-refractivity contribution in [3.8, 4) is 0 Å². The van der Waals surface area contributed by atoms with E-state index in [1.807, 2.05) is 20.9 Å². The average Bonchev–Trinajstić information content (AvgIpc) is 2.88. The van der Waals surface area contributed by atoms with Crippen LogP contribution in [0.4, 0.5) is 6.01 Å². The largest absolute Gasteiger partial charge is 0.336 e. The molecule has 0 aliphatic carbocycles. The SMILES string of the molecule is CC(C)c1noc(NCc2cc(Cl)c(Cl)n2C)n1. The summed E-state index contributed by atoms with van der Waals surface area (Å²) in [5, 5.41) is 7.95. The van der Waals surface area contributed by atoms with Gasteiger partial charge in [0.15, 0.2) is 5.82 Å². The Hall–Kier alpha value is -1.20. The normalized spacial score (nSPS) is 11.2. The molecule has 0 atom stereocenters. The van der Waals surface area contributed by atoms with E-state index in [4.69, 9.17) is 27.7 Å². The third kappa shape index (κ3) is 2.62. The molecule has 0 saturated carbocycles. The summed E-state index contributed by atoms with van der Waals surface area (Å²) >= 11 is 11.9.